The lowest BCUT2D eigenvalue weighted by Gasteiger charge is -2.34. The molecule has 1 heterocycles. The molecular weight excluding hydrogens is 363 g/mol. The Bertz CT molecular complexity index is 470. The molecule has 1 aromatic carbocycles. The first-order chi connectivity index (χ1) is 9.08. The van der Waals surface area contributed by atoms with Crippen molar-refractivity contribution in [2.75, 3.05) is 19.6 Å². The third kappa shape index (κ3) is 4.62. The lowest BCUT2D eigenvalue weighted by Crippen LogP contribution is -2.52. The number of piperazine rings is 1. The molecule has 0 radical (unpaired) electrons. The molecule has 0 aliphatic carbocycles. The van der Waals surface area contributed by atoms with Gasteiger partial charge in [-0.15, -0.1) is 12.4 Å². The van der Waals surface area contributed by atoms with Gasteiger partial charge in [-0.1, -0.05) is 27.5 Å². The van der Waals surface area contributed by atoms with Crippen molar-refractivity contribution in [3.8, 4) is 0 Å². The van der Waals surface area contributed by atoms with E-state index in [0.29, 0.717) is 11.4 Å². The van der Waals surface area contributed by atoms with Crippen LogP contribution in [0.5, 0.6) is 0 Å². The Labute approximate surface area is 139 Å². The Kier molecular flexibility index (Phi) is 7.30. The Morgan fingerprint density at radius 2 is 2.30 bits per heavy atom. The molecule has 1 N–H and O–H groups in total. The van der Waals surface area contributed by atoms with Crippen molar-refractivity contribution in [1.29, 1.82) is 0 Å². The maximum atomic E-state index is 12.2. The zero-order chi connectivity index (χ0) is 13.8. The fourth-order valence-corrected chi connectivity index (χ4v) is 2.97. The summed E-state index contributed by atoms with van der Waals surface area (Å²) in [5.41, 5.74) is 1.09. The van der Waals surface area contributed by atoms with Gasteiger partial charge >= 0.3 is 0 Å². The Balaban J connectivity index is 0.00000200. The van der Waals surface area contributed by atoms with E-state index in [2.05, 4.69) is 28.2 Å². The number of carbonyl (C=O) groups excluding carboxylic acids is 1. The van der Waals surface area contributed by atoms with Crippen molar-refractivity contribution >= 4 is 45.8 Å². The summed E-state index contributed by atoms with van der Waals surface area (Å²) >= 11 is 9.47. The van der Waals surface area contributed by atoms with Crippen molar-refractivity contribution in [3.05, 3.63) is 33.3 Å². The van der Waals surface area contributed by atoms with Gasteiger partial charge in [0.15, 0.2) is 0 Å². The van der Waals surface area contributed by atoms with Gasteiger partial charge in [-0.2, -0.15) is 0 Å². The summed E-state index contributed by atoms with van der Waals surface area (Å²) in [5.74, 6) is 0.223. The number of benzene rings is 1. The molecule has 0 unspecified atom stereocenters. The number of halogens is 3. The minimum Gasteiger partial charge on any atom is -0.337 e. The van der Waals surface area contributed by atoms with E-state index in [9.17, 15) is 4.79 Å². The fraction of sp³-hybridized carbons (Fsp3) is 0.500. The first-order valence-electron chi connectivity index (χ1n) is 6.52. The number of rotatable bonds is 3. The van der Waals surface area contributed by atoms with Crippen LogP contribution in [0.4, 0.5) is 0 Å². The highest BCUT2D eigenvalue weighted by Gasteiger charge is 2.22. The SMILES string of the molecule is C[C@@H]1CNCCN1C(=O)CCc1cc(Cl)ccc1Br.Cl. The highest BCUT2D eigenvalue weighted by molar-refractivity contribution is 9.10. The molecule has 112 valence electrons. The Morgan fingerprint density at radius 3 is 3.00 bits per heavy atom. The van der Waals surface area contributed by atoms with Crippen LogP contribution in [-0.2, 0) is 11.2 Å². The summed E-state index contributed by atoms with van der Waals surface area (Å²) < 4.78 is 1.01. The first kappa shape index (κ1) is 17.8. The number of aryl methyl sites for hydroxylation is 1. The molecule has 0 spiro atoms. The zero-order valence-electron chi connectivity index (χ0n) is 11.4. The maximum absolute atomic E-state index is 12.2. The second kappa shape index (κ2) is 8.23. The summed E-state index contributed by atoms with van der Waals surface area (Å²) in [6.45, 7) is 4.65. The van der Waals surface area contributed by atoms with Gasteiger partial charge in [0.25, 0.3) is 0 Å². The lowest BCUT2D eigenvalue weighted by atomic mass is 10.1. The van der Waals surface area contributed by atoms with Crippen LogP contribution in [0.25, 0.3) is 0 Å². The van der Waals surface area contributed by atoms with E-state index < -0.39 is 0 Å². The summed E-state index contributed by atoms with van der Waals surface area (Å²) in [4.78, 5) is 14.2. The van der Waals surface area contributed by atoms with Crippen molar-refractivity contribution < 1.29 is 4.79 Å². The van der Waals surface area contributed by atoms with Gasteiger partial charge in [0.1, 0.15) is 0 Å². The fourth-order valence-electron chi connectivity index (χ4n) is 2.33. The molecule has 1 saturated heterocycles. The number of amides is 1. The minimum absolute atomic E-state index is 0. The number of carbonyl (C=O) groups is 1. The molecule has 1 aliphatic heterocycles. The normalized spacial score (nSPS) is 18.6. The average Bonchev–Trinajstić information content (AvgIpc) is 2.40. The molecule has 3 nitrogen and oxygen atoms in total. The largest absolute Gasteiger partial charge is 0.337 e. The quantitative estimate of drug-likeness (QED) is 0.871. The molecular formula is C14H19BrCl2N2O. The molecule has 1 atom stereocenters. The second-order valence-corrected chi connectivity index (χ2v) is 6.17. The molecule has 6 heteroatoms. The number of hydrogen-bond acceptors (Lipinski definition) is 2. The summed E-state index contributed by atoms with van der Waals surface area (Å²) in [5, 5.41) is 4.00. The van der Waals surface area contributed by atoms with Gasteiger partial charge in [0.2, 0.25) is 5.91 Å². The van der Waals surface area contributed by atoms with Gasteiger partial charge in [-0.25, -0.2) is 0 Å². The molecule has 1 aromatic rings. The predicted molar refractivity (Wildman–Crippen MR) is 88.8 cm³/mol. The van der Waals surface area contributed by atoms with Crippen LogP contribution in [0.3, 0.4) is 0 Å². The molecule has 20 heavy (non-hydrogen) atoms. The van der Waals surface area contributed by atoms with Gasteiger partial charge in [0.05, 0.1) is 0 Å². The molecule has 0 aromatic heterocycles. The third-order valence-electron chi connectivity index (χ3n) is 3.44. The topological polar surface area (TPSA) is 32.3 Å². The van der Waals surface area contributed by atoms with Crippen molar-refractivity contribution in [3.63, 3.8) is 0 Å². The number of nitrogens with one attached hydrogen (secondary N) is 1. The van der Waals surface area contributed by atoms with Gasteiger partial charge in [0, 0.05) is 41.6 Å². The van der Waals surface area contributed by atoms with E-state index in [1.54, 1.807) is 0 Å². The smallest absolute Gasteiger partial charge is 0.223 e. The van der Waals surface area contributed by atoms with E-state index in [1.807, 2.05) is 23.1 Å². The van der Waals surface area contributed by atoms with Crippen LogP contribution in [0, 0.1) is 0 Å². The van der Waals surface area contributed by atoms with Crippen molar-refractivity contribution in [1.82, 2.24) is 10.2 Å². The molecule has 1 amide bonds. The van der Waals surface area contributed by atoms with Crippen molar-refractivity contribution in [2.24, 2.45) is 0 Å². The van der Waals surface area contributed by atoms with E-state index in [0.717, 1.165) is 36.1 Å². The second-order valence-electron chi connectivity index (χ2n) is 4.88. The standard InChI is InChI=1S/C14H18BrClN2O.ClH/c1-10-9-17-6-7-18(10)14(19)5-2-11-8-12(16)3-4-13(11)15;/h3-4,8,10,17H,2,5-7,9H2,1H3;1H/t10-;/m1./s1. The van der Waals surface area contributed by atoms with Crippen molar-refractivity contribution in [2.45, 2.75) is 25.8 Å². The Hall–Kier alpha value is -0.290. The predicted octanol–water partition coefficient (Wildman–Crippen LogP) is 3.28. The van der Waals surface area contributed by atoms with Gasteiger partial charge in [-0.05, 0) is 37.1 Å². The van der Waals surface area contributed by atoms with Crippen LogP contribution in [0.2, 0.25) is 5.02 Å². The van der Waals surface area contributed by atoms with E-state index in [-0.39, 0.29) is 24.4 Å². The molecule has 1 fully saturated rings. The molecule has 2 rings (SSSR count). The average molecular weight is 382 g/mol. The third-order valence-corrected chi connectivity index (χ3v) is 4.45. The first-order valence-corrected chi connectivity index (χ1v) is 7.69. The maximum Gasteiger partial charge on any atom is 0.223 e. The van der Waals surface area contributed by atoms with Crippen LogP contribution >= 0.6 is 39.9 Å². The molecule has 1 aliphatic rings. The molecule has 0 saturated carbocycles. The van der Waals surface area contributed by atoms with Crippen LogP contribution in [0.1, 0.15) is 18.9 Å². The van der Waals surface area contributed by atoms with E-state index >= 15 is 0 Å². The summed E-state index contributed by atoms with van der Waals surface area (Å²) in [7, 11) is 0. The summed E-state index contributed by atoms with van der Waals surface area (Å²) in [6.07, 6.45) is 1.25. The van der Waals surface area contributed by atoms with Gasteiger partial charge in [-0.3, -0.25) is 4.79 Å². The minimum atomic E-state index is 0. The van der Waals surface area contributed by atoms with Crippen LogP contribution in [0.15, 0.2) is 22.7 Å². The number of hydrogen-bond donors (Lipinski definition) is 1. The van der Waals surface area contributed by atoms with E-state index in [4.69, 9.17) is 11.6 Å². The lowest BCUT2D eigenvalue weighted by molar-refractivity contribution is -0.133. The van der Waals surface area contributed by atoms with Gasteiger partial charge < -0.3 is 10.2 Å². The highest BCUT2D eigenvalue weighted by atomic mass is 79.9. The summed E-state index contributed by atoms with van der Waals surface area (Å²) in [6, 6.07) is 5.97. The van der Waals surface area contributed by atoms with E-state index in [1.165, 1.54) is 0 Å². The zero-order valence-corrected chi connectivity index (χ0v) is 14.5. The van der Waals surface area contributed by atoms with Crippen LogP contribution < -0.4 is 5.32 Å². The van der Waals surface area contributed by atoms with Crippen LogP contribution in [-0.4, -0.2) is 36.5 Å². The number of nitrogens with zero attached hydrogens (tertiary/aromatic N) is 1. The monoisotopic (exact) mass is 380 g/mol. The molecule has 0 bridgehead atoms. The highest BCUT2D eigenvalue weighted by Crippen LogP contribution is 2.22. The Morgan fingerprint density at radius 1 is 1.55 bits per heavy atom.